The topological polar surface area (TPSA) is 36.4 Å². The smallest absolute Gasteiger partial charge is 0.357 e. The predicted octanol–water partition coefficient (Wildman–Crippen LogP) is 2.83. The SMILES string of the molecule is CCNC(=NCC1Cc2ccccc21)NCCC(F)(F)F. The summed E-state index contributed by atoms with van der Waals surface area (Å²) in [6.45, 7) is 2.95. The Kier molecular flexibility index (Phi) is 5.09. The highest BCUT2D eigenvalue weighted by atomic mass is 19.4. The number of hydrogen-bond donors (Lipinski definition) is 2. The maximum atomic E-state index is 12.1. The maximum Gasteiger partial charge on any atom is 0.390 e. The van der Waals surface area contributed by atoms with Gasteiger partial charge >= 0.3 is 6.18 Å². The largest absolute Gasteiger partial charge is 0.390 e. The zero-order chi connectivity index (χ0) is 15.3. The number of alkyl halides is 3. The first-order valence-corrected chi connectivity index (χ1v) is 7.16. The Bertz CT molecular complexity index is 497. The third kappa shape index (κ3) is 4.65. The molecule has 1 aromatic rings. The molecular weight excluding hydrogens is 279 g/mol. The van der Waals surface area contributed by atoms with Gasteiger partial charge in [0.2, 0.25) is 0 Å². The van der Waals surface area contributed by atoms with E-state index in [9.17, 15) is 13.2 Å². The fourth-order valence-electron chi connectivity index (χ4n) is 2.39. The van der Waals surface area contributed by atoms with Crippen LogP contribution < -0.4 is 10.6 Å². The summed E-state index contributed by atoms with van der Waals surface area (Å²) >= 11 is 0. The first-order chi connectivity index (χ1) is 9.99. The summed E-state index contributed by atoms with van der Waals surface area (Å²) in [6, 6.07) is 8.20. The lowest BCUT2D eigenvalue weighted by atomic mass is 9.78. The quantitative estimate of drug-likeness (QED) is 0.648. The van der Waals surface area contributed by atoms with E-state index in [1.165, 1.54) is 11.1 Å². The van der Waals surface area contributed by atoms with Crippen molar-refractivity contribution < 1.29 is 13.2 Å². The minimum atomic E-state index is -4.14. The lowest BCUT2D eigenvalue weighted by molar-refractivity contribution is -0.132. The van der Waals surface area contributed by atoms with Crippen LogP contribution in [-0.4, -0.2) is 31.8 Å². The molecule has 21 heavy (non-hydrogen) atoms. The molecule has 0 saturated heterocycles. The Morgan fingerprint density at radius 3 is 2.71 bits per heavy atom. The molecule has 0 bridgehead atoms. The van der Waals surface area contributed by atoms with Crippen molar-refractivity contribution in [1.29, 1.82) is 0 Å². The van der Waals surface area contributed by atoms with Crippen molar-refractivity contribution in [1.82, 2.24) is 10.6 Å². The standard InChI is InChI=1S/C15H20F3N3/c1-2-19-14(20-8-7-15(16,17)18)21-10-12-9-11-5-3-4-6-13(11)12/h3-6,12H,2,7-10H2,1H3,(H2,19,20,21). The second-order valence-electron chi connectivity index (χ2n) is 5.11. The molecule has 1 atom stereocenters. The number of fused-ring (bicyclic) bond motifs is 1. The van der Waals surface area contributed by atoms with E-state index in [1.54, 1.807) is 0 Å². The van der Waals surface area contributed by atoms with Crippen LogP contribution in [0, 0.1) is 0 Å². The summed E-state index contributed by atoms with van der Waals surface area (Å²) in [5.74, 6) is 0.824. The van der Waals surface area contributed by atoms with Crippen molar-refractivity contribution in [2.45, 2.75) is 31.9 Å². The first-order valence-electron chi connectivity index (χ1n) is 7.16. The Labute approximate surface area is 122 Å². The zero-order valence-electron chi connectivity index (χ0n) is 12.0. The molecular formula is C15H20F3N3. The van der Waals surface area contributed by atoms with Crippen molar-refractivity contribution in [3.8, 4) is 0 Å². The molecule has 1 aromatic carbocycles. The van der Waals surface area contributed by atoms with Crippen LogP contribution in [0.15, 0.2) is 29.3 Å². The third-order valence-corrected chi connectivity index (χ3v) is 3.48. The Hall–Kier alpha value is -1.72. The van der Waals surface area contributed by atoms with Crippen LogP contribution in [0.2, 0.25) is 0 Å². The van der Waals surface area contributed by atoms with E-state index in [1.807, 2.05) is 19.1 Å². The normalized spacial score (nSPS) is 17.9. The van der Waals surface area contributed by atoms with Gasteiger partial charge in [0.05, 0.1) is 6.42 Å². The molecule has 0 aromatic heterocycles. The van der Waals surface area contributed by atoms with Gasteiger partial charge in [-0.15, -0.1) is 0 Å². The highest BCUT2D eigenvalue weighted by molar-refractivity contribution is 5.79. The van der Waals surface area contributed by atoms with Gasteiger partial charge in [0.25, 0.3) is 0 Å². The highest BCUT2D eigenvalue weighted by Gasteiger charge is 2.27. The fraction of sp³-hybridized carbons (Fsp3) is 0.533. The number of halogens is 3. The van der Waals surface area contributed by atoms with E-state index in [4.69, 9.17) is 0 Å². The Morgan fingerprint density at radius 1 is 1.29 bits per heavy atom. The van der Waals surface area contributed by atoms with E-state index in [0.717, 1.165) is 6.42 Å². The molecule has 2 rings (SSSR count). The van der Waals surface area contributed by atoms with Crippen molar-refractivity contribution in [2.24, 2.45) is 4.99 Å². The number of benzene rings is 1. The summed E-state index contributed by atoms with van der Waals surface area (Å²) in [5.41, 5.74) is 2.64. The average molecular weight is 299 g/mol. The predicted molar refractivity (Wildman–Crippen MR) is 77.5 cm³/mol. The molecule has 0 saturated carbocycles. The second kappa shape index (κ2) is 6.83. The number of nitrogens with one attached hydrogen (secondary N) is 2. The molecule has 0 fully saturated rings. The molecule has 0 amide bonds. The van der Waals surface area contributed by atoms with E-state index in [0.29, 0.717) is 25.0 Å². The summed E-state index contributed by atoms with van der Waals surface area (Å²) in [7, 11) is 0. The van der Waals surface area contributed by atoms with Gasteiger partial charge in [-0.2, -0.15) is 13.2 Å². The molecule has 116 valence electrons. The van der Waals surface area contributed by atoms with Crippen LogP contribution in [-0.2, 0) is 6.42 Å². The average Bonchev–Trinajstić information content (AvgIpc) is 2.38. The molecule has 0 spiro atoms. The van der Waals surface area contributed by atoms with Gasteiger partial charge in [-0.25, -0.2) is 0 Å². The number of nitrogens with zero attached hydrogens (tertiary/aromatic N) is 1. The van der Waals surface area contributed by atoms with E-state index in [-0.39, 0.29) is 6.54 Å². The van der Waals surface area contributed by atoms with E-state index >= 15 is 0 Å². The lowest BCUT2D eigenvalue weighted by Crippen LogP contribution is -2.39. The molecule has 1 aliphatic carbocycles. The van der Waals surface area contributed by atoms with Crippen molar-refractivity contribution in [2.75, 3.05) is 19.6 Å². The van der Waals surface area contributed by atoms with E-state index < -0.39 is 12.6 Å². The van der Waals surface area contributed by atoms with Crippen molar-refractivity contribution in [3.05, 3.63) is 35.4 Å². The number of hydrogen-bond acceptors (Lipinski definition) is 1. The number of rotatable bonds is 5. The molecule has 0 aliphatic heterocycles. The fourth-order valence-corrected chi connectivity index (χ4v) is 2.39. The van der Waals surface area contributed by atoms with Crippen LogP contribution in [0.3, 0.4) is 0 Å². The monoisotopic (exact) mass is 299 g/mol. The third-order valence-electron chi connectivity index (χ3n) is 3.48. The van der Waals surface area contributed by atoms with Crippen LogP contribution in [0.5, 0.6) is 0 Å². The molecule has 1 aliphatic rings. The molecule has 1 unspecified atom stereocenters. The summed E-state index contributed by atoms with van der Waals surface area (Å²) in [6.07, 6.45) is -4.01. The van der Waals surface area contributed by atoms with Crippen molar-refractivity contribution >= 4 is 5.96 Å². The highest BCUT2D eigenvalue weighted by Crippen LogP contribution is 2.34. The molecule has 3 nitrogen and oxygen atoms in total. The first kappa shape index (κ1) is 15.7. The number of aliphatic imine (C=N–C) groups is 1. The Balaban J connectivity index is 1.84. The maximum absolute atomic E-state index is 12.1. The molecule has 2 N–H and O–H groups in total. The van der Waals surface area contributed by atoms with Gasteiger partial charge < -0.3 is 10.6 Å². The number of guanidine groups is 1. The van der Waals surface area contributed by atoms with Gasteiger partial charge in [0.1, 0.15) is 0 Å². The minimum absolute atomic E-state index is 0.156. The molecule has 0 radical (unpaired) electrons. The second-order valence-corrected chi connectivity index (χ2v) is 5.11. The van der Waals surface area contributed by atoms with Gasteiger partial charge in [-0.05, 0) is 24.5 Å². The Morgan fingerprint density at radius 2 is 2.05 bits per heavy atom. The van der Waals surface area contributed by atoms with Gasteiger partial charge in [0, 0.05) is 25.6 Å². The lowest BCUT2D eigenvalue weighted by Gasteiger charge is -2.29. The van der Waals surface area contributed by atoms with Crippen molar-refractivity contribution in [3.63, 3.8) is 0 Å². The minimum Gasteiger partial charge on any atom is -0.357 e. The van der Waals surface area contributed by atoms with Crippen LogP contribution in [0.1, 0.15) is 30.4 Å². The van der Waals surface area contributed by atoms with Gasteiger partial charge in [-0.3, -0.25) is 4.99 Å². The zero-order valence-corrected chi connectivity index (χ0v) is 12.0. The van der Waals surface area contributed by atoms with E-state index in [2.05, 4.69) is 27.8 Å². The summed E-state index contributed by atoms with van der Waals surface area (Å²) in [5, 5.41) is 5.69. The van der Waals surface area contributed by atoms with Crippen LogP contribution in [0.25, 0.3) is 0 Å². The molecule has 6 heteroatoms. The summed E-state index contributed by atoms with van der Waals surface area (Å²) < 4.78 is 36.4. The van der Waals surface area contributed by atoms with Crippen LogP contribution >= 0.6 is 0 Å². The summed E-state index contributed by atoms with van der Waals surface area (Å²) in [4.78, 5) is 4.38. The van der Waals surface area contributed by atoms with Crippen LogP contribution in [0.4, 0.5) is 13.2 Å². The van der Waals surface area contributed by atoms with Gasteiger partial charge in [0.15, 0.2) is 5.96 Å². The molecule has 0 heterocycles. The van der Waals surface area contributed by atoms with Gasteiger partial charge in [-0.1, -0.05) is 24.3 Å².